The monoisotopic (exact) mass is 561 g/mol. The zero-order chi connectivity index (χ0) is 29.4. The van der Waals surface area contributed by atoms with Crippen molar-refractivity contribution in [2.45, 2.75) is 60.4 Å². The van der Waals surface area contributed by atoms with Crippen molar-refractivity contribution in [3.63, 3.8) is 0 Å². The molecule has 1 fully saturated rings. The minimum absolute atomic E-state index is 0.0416. The molecule has 3 aromatic rings. The first-order valence-corrected chi connectivity index (χ1v) is 15.2. The molecule has 0 radical (unpaired) electrons. The SMILES string of the molecule is CC(=O)c1ccc(Nc2nc3ccc(C(=O)N(CCC(C)C)CCC(C)C)cc3n2CCCN2CCOCC2)cc1. The smallest absolute Gasteiger partial charge is 0.253 e. The molecule has 1 aliphatic rings. The summed E-state index contributed by atoms with van der Waals surface area (Å²) in [5.74, 6) is 1.94. The molecule has 1 aromatic heterocycles. The third-order valence-corrected chi connectivity index (χ3v) is 7.74. The number of benzene rings is 2. The van der Waals surface area contributed by atoms with E-state index >= 15 is 0 Å². The van der Waals surface area contributed by atoms with Gasteiger partial charge < -0.3 is 19.5 Å². The third kappa shape index (κ3) is 8.63. The summed E-state index contributed by atoms with van der Waals surface area (Å²) >= 11 is 0. The maximum Gasteiger partial charge on any atom is 0.253 e. The maximum absolute atomic E-state index is 13.8. The maximum atomic E-state index is 13.8. The standard InChI is InChI=1S/C33H47N5O3/c1-24(2)13-17-37(18-14-25(3)4)32(40)28-9-12-30-31(23-28)38(16-6-15-36-19-21-41-22-20-36)33(35-30)34-29-10-7-27(8-11-29)26(5)39/h7-12,23-25H,6,13-22H2,1-5H3,(H,34,35). The van der Waals surface area contributed by atoms with E-state index in [4.69, 9.17) is 9.72 Å². The highest BCUT2D eigenvalue weighted by atomic mass is 16.5. The van der Waals surface area contributed by atoms with Crippen LogP contribution < -0.4 is 5.32 Å². The summed E-state index contributed by atoms with van der Waals surface area (Å²) in [6.07, 6.45) is 2.93. The minimum Gasteiger partial charge on any atom is -0.379 e. The zero-order valence-corrected chi connectivity index (χ0v) is 25.5. The molecule has 4 rings (SSSR count). The number of Topliss-reactive ketones (excluding diaryl/α,β-unsaturated/α-hetero) is 1. The predicted octanol–water partition coefficient (Wildman–Crippen LogP) is 6.24. The van der Waals surface area contributed by atoms with Crippen molar-refractivity contribution in [2.75, 3.05) is 51.3 Å². The Labute approximate surface area is 245 Å². The second kappa shape index (κ2) is 14.6. The van der Waals surface area contributed by atoms with Gasteiger partial charge in [-0.3, -0.25) is 14.5 Å². The number of anilines is 2. The van der Waals surface area contributed by atoms with Gasteiger partial charge in [-0.15, -0.1) is 0 Å². The highest BCUT2D eigenvalue weighted by molar-refractivity contribution is 5.98. The van der Waals surface area contributed by atoms with Gasteiger partial charge in [0.25, 0.3) is 5.91 Å². The Bertz CT molecular complexity index is 1280. The summed E-state index contributed by atoms with van der Waals surface area (Å²) in [6, 6.07) is 13.4. The minimum atomic E-state index is 0.0416. The highest BCUT2D eigenvalue weighted by Crippen LogP contribution is 2.26. The molecule has 0 atom stereocenters. The summed E-state index contributed by atoms with van der Waals surface area (Å²) in [5, 5.41) is 3.47. The average molecular weight is 562 g/mol. The number of ketones is 1. The first-order valence-electron chi connectivity index (χ1n) is 15.2. The molecule has 0 aliphatic carbocycles. The summed E-state index contributed by atoms with van der Waals surface area (Å²) in [7, 11) is 0. The molecule has 222 valence electrons. The van der Waals surface area contributed by atoms with Gasteiger partial charge in [0.05, 0.1) is 24.2 Å². The first kappa shape index (κ1) is 30.7. The van der Waals surface area contributed by atoms with Crippen molar-refractivity contribution in [2.24, 2.45) is 11.8 Å². The quantitative estimate of drug-likeness (QED) is 0.235. The number of aromatic nitrogens is 2. The van der Waals surface area contributed by atoms with Crippen LogP contribution in [0, 0.1) is 11.8 Å². The molecule has 0 spiro atoms. The van der Waals surface area contributed by atoms with Crippen LogP contribution in [0.25, 0.3) is 11.0 Å². The van der Waals surface area contributed by atoms with Crippen LogP contribution in [0.3, 0.4) is 0 Å². The zero-order valence-electron chi connectivity index (χ0n) is 25.5. The van der Waals surface area contributed by atoms with Crippen LogP contribution in [0.1, 0.15) is 74.6 Å². The van der Waals surface area contributed by atoms with Crippen molar-refractivity contribution in [3.8, 4) is 0 Å². The van der Waals surface area contributed by atoms with E-state index in [1.807, 2.05) is 47.4 Å². The molecule has 0 bridgehead atoms. The van der Waals surface area contributed by atoms with E-state index in [-0.39, 0.29) is 11.7 Å². The summed E-state index contributed by atoms with van der Waals surface area (Å²) in [5.41, 5.74) is 4.05. The van der Waals surface area contributed by atoms with E-state index in [0.29, 0.717) is 23.0 Å². The van der Waals surface area contributed by atoms with E-state index in [9.17, 15) is 9.59 Å². The Morgan fingerprint density at radius 3 is 2.17 bits per heavy atom. The van der Waals surface area contributed by atoms with Crippen LogP contribution in [0.15, 0.2) is 42.5 Å². The van der Waals surface area contributed by atoms with Gasteiger partial charge in [-0.05, 0) is 80.5 Å². The second-order valence-electron chi connectivity index (χ2n) is 12.0. The number of aryl methyl sites for hydroxylation is 1. The number of carbonyl (C=O) groups excluding carboxylic acids is 2. The Morgan fingerprint density at radius 2 is 1.56 bits per heavy atom. The number of amides is 1. The first-order chi connectivity index (χ1) is 19.7. The van der Waals surface area contributed by atoms with E-state index in [1.165, 1.54) is 0 Å². The molecule has 1 aliphatic heterocycles. The van der Waals surface area contributed by atoms with Crippen LogP contribution >= 0.6 is 0 Å². The van der Waals surface area contributed by atoms with Gasteiger partial charge in [-0.2, -0.15) is 0 Å². The summed E-state index contributed by atoms with van der Waals surface area (Å²) in [6.45, 7) is 17.1. The van der Waals surface area contributed by atoms with Gasteiger partial charge in [0.2, 0.25) is 5.95 Å². The number of imidazole rings is 1. The van der Waals surface area contributed by atoms with Crippen LogP contribution in [0.4, 0.5) is 11.6 Å². The molecular weight excluding hydrogens is 514 g/mol. The fourth-order valence-corrected chi connectivity index (χ4v) is 5.10. The number of nitrogens with one attached hydrogen (secondary N) is 1. The third-order valence-electron chi connectivity index (χ3n) is 7.74. The van der Waals surface area contributed by atoms with Crippen LogP contribution in [0.5, 0.6) is 0 Å². The highest BCUT2D eigenvalue weighted by Gasteiger charge is 2.20. The van der Waals surface area contributed by atoms with Crippen LogP contribution in [-0.4, -0.2) is 77.0 Å². The van der Waals surface area contributed by atoms with Crippen molar-refractivity contribution in [3.05, 3.63) is 53.6 Å². The summed E-state index contributed by atoms with van der Waals surface area (Å²) < 4.78 is 7.70. The van der Waals surface area contributed by atoms with Gasteiger partial charge in [0.15, 0.2) is 5.78 Å². The van der Waals surface area contributed by atoms with Crippen molar-refractivity contribution >= 4 is 34.4 Å². The van der Waals surface area contributed by atoms with Gasteiger partial charge in [-0.25, -0.2) is 4.98 Å². The Hall–Kier alpha value is -3.23. The van der Waals surface area contributed by atoms with Gasteiger partial charge in [-0.1, -0.05) is 27.7 Å². The molecule has 2 heterocycles. The van der Waals surface area contributed by atoms with Crippen molar-refractivity contribution < 1.29 is 14.3 Å². The number of fused-ring (bicyclic) bond motifs is 1. The molecular formula is C33H47N5O3. The number of carbonyl (C=O) groups is 2. The summed E-state index contributed by atoms with van der Waals surface area (Å²) in [4.78, 5) is 34.9. The fourth-order valence-electron chi connectivity index (χ4n) is 5.10. The lowest BCUT2D eigenvalue weighted by Crippen LogP contribution is -2.37. The number of nitrogens with zero attached hydrogens (tertiary/aromatic N) is 4. The number of morpholine rings is 1. The number of hydrogen-bond donors (Lipinski definition) is 1. The number of ether oxygens (including phenoxy) is 1. The Morgan fingerprint density at radius 1 is 0.927 bits per heavy atom. The van der Waals surface area contributed by atoms with Crippen LogP contribution in [-0.2, 0) is 11.3 Å². The van der Waals surface area contributed by atoms with Crippen molar-refractivity contribution in [1.82, 2.24) is 19.4 Å². The molecule has 41 heavy (non-hydrogen) atoms. The molecule has 1 saturated heterocycles. The molecule has 8 heteroatoms. The van der Waals surface area contributed by atoms with Gasteiger partial charge in [0, 0.05) is 56.1 Å². The fraction of sp³-hybridized carbons (Fsp3) is 0.545. The predicted molar refractivity (Wildman–Crippen MR) is 166 cm³/mol. The largest absolute Gasteiger partial charge is 0.379 e. The van der Waals surface area contributed by atoms with Gasteiger partial charge >= 0.3 is 0 Å². The average Bonchev–Trinajstić information content (AvgIpc) is 3.29. The van der Waals surface area contributed by atoms with Crippen LogP contribution in [0.2, 0.25) is 0 Å². The molecule has 1 amide bonds. The van der Waals surface area contributed by atoms with Crippen molar-refractivity contribution in [1.29, 1.82) is 0 Å². The molecule has 0 saturated carbocycles. The lowest BCUT2D eigenvalue weighted by Gasteiger charge is -2.26. The molecule has 0 unspecified atom stereocenters. The van der Waals surface area contributed by atoms with E-state index in [2.05, 4.69) is 42.5 Å². The number of rotatable bonds is 14. The van der Waals surface area contributed by atoms with Gasteiger partial charge in [0.1, 0.15) is 0 Å². The normalized spacial score (nSPS) is 14.2. The lowest BCUT2D eigenvalue weighted by molar-refractivity contribution is 0.0370. The van der Waals surface area contributed by atoms with E-state index in [0.717, 1.165) is 94.4 Å². The van der Waals surface area contributed by atoms with E-state index in [1.54, 1.807) is 6.92 Å². The second-order valence-corrected chi connectivity index (χ2v) is 12.0. The molecule has 1 N–H and O–H groups in total. The number of hydrogen-bond acceptors (Lipinski definition) is 6. The molecule has 2 aromatic carbocycles. The topological polar surface area (TPSA) is 79.7 Å². The van der Waals surface area contributed by atoms with E-state index < -0.39 is 0 Å². The molecule has 8 nitrogen and oxygen atoms in total. The Kier molecular flexibility index (Phi) is 10.9. The Balaban J connectivity index is 1.62. The lowest BCUT2D eigenvalue weighted by atomic mass is 10.1.